The first kappa shape index (κ1) is 9.56. The van der Waals surface area contributed by atoms with Crippen LogP contribution in [0, 0.1) is 0 Å². The Hall–Kier alpha value is -0.990. The van der Waals surface area contributed by atoms with E-state index in [9.17, 15) is 0 Å². The predicted octanol–water partition coefficient (Wildman–Crippen LogP) is 2.87. The normalized spacial score (nSPS) is 17.8. The molecular formula is C11H18N2O. The van der Waals surface area contributed by atoms with Gasteiger partial charge < -0.3 is 10.3 Å². The Bertz CT molecular complexity index is 300. The maximum Gasteiger partial charge on any atom is 0.170 e. The van der Waals surface area contributed by atoms with Gasteiger partial charge in [-0.1, -0.05) is 31.3 Å². The molecular weight excluding hydrogens is 176 g/mol. The van der Waals surface area contributed by atoms with Crippen LogP contribution in [0.3, 0.4) is 0 Å². The lowest BCUT2D eigenvalue weighted by atomic mass is 9.99. The Morgan fingerprint density at radius 3 is 2.79 bits per heavy atom. The number of nitrogens with zero attached hydrogens (tertiary/aromatic N) is 1. The predicted molar refractivity (Wildman–Crippen MR) is 56.1 cm³/mol. The van der Waals surface area contributed by atoms with E-state index in [1.165, 1.54) is 31.2 Å². The van der Waals surface area contributed by atoms with Gasteiger partial charge in [0.2, 0.25) is 0 Å². The molecule has 0 bridgehead atoms. The second-order valence-electron chi connectivity index (χ2n) is 4.14. The molecule has 1 aliphatic carbocycles. The Kier molecular flexibility index (Phi) is 2.75. The minimum atomic E-state index is 0.585. The van der Waals surface area contributed by atoms with Gasteiger partial charge in [0, 0.05) is 11.5 Å². The van der Waals surface area contributed by atoms with Crippen LogP contribution in [0.5, 0.6) is 0 Å². The zero-order valence-electron chi connectivity index (χ0n) is 8.75. The van der Waals surface area contributed by atoms with E-state index in [2.05, 4.69) is 12.1 Å². The Balaban J connectivity index is 2.22. The van der Waals surface area contributed by atoms with Crippen molar-refractivity contribution in [3.63, 3.8) is 0 Å². The molecule has 1 saturated carbocycles. The number of anilines is 1. The lowest BCUT2D eigenvalue weighted by Crippen LogP contribution is -1.98. The topological polar surface area (TPSA) is 52.0 Å². The molecule has 1 aromatic rings. The molecule has 0 amide bonds. The van der Waals surface area contributed by atoms with Crippen molar-refractivity contribution < 1.29 is 4.52 Å². The number of hydrogen-bond acceptors (Lipinski definition) is 3. The first-order valence-corrected chi connectivity index (χ1v) is 5.56. The molecule has 78 valence electrons. The molecule has 0 spiro atoms. The van der Waals surface area contributed by atoms with E-state index in [1.54, 1.807) is 0 Å². The molecule has 0 saturated heterocycles. The van der Waals surface area contributed by atoms with Gasteiger partial charge >= 0.3 is 0 Å². The maximum absolute atomic E-state index is 5.79. The lowest BCUT2D eigenvalue weighted by Gasteiger charge is -2.06. The van der Waals surface area contributed by atoms with Gasteiger partial charge in [0.25, 0.3) is 0 Å². The first-order valence-electron chi connectivity index (χ1n) is 5.56. The number of aromatic nitrogens is 1. The molecule has 2 rings (SSSR count). The molecule has 1 aromatic heterocycles. The van der Waals surface area contributed by atoms with Crippen molar-refractivity contribution in [2.45, 2.75) is 51.4 Å². The van der Waals surface area contributed by atoms with Crippen LogP contribution in [-0.4, -0.2) is 5.16 Å². The highest BCUT2D eigenvalue weighted by molar-refractivity contribution is 5.41. The van der Waals surface area contributed by atoms with Gasteiger partial charge in [0.1, 0.15) is 5.76 Å². The molecule has 1 fully saturated rings. The Morgan fingerprint density at radius 1 is 1.43 bits per heavy atom. The fraction of sp³-hybridized carbons (Fsp3) is 0.727. The summed E-state index contributed by atoms with van der Waals surface area (Å²) in [6.07, 6.45) is 7.22. The second-order valence-corrected chi connectivity index (χ2v) is 4.14. The monoisotopic (exact) mass is 194 g/mol. The molecule has 0 atom stereocenters. The van der Waals surface area contributed by atoms with Gasteiger partial charge in [-0.25, -0.2) is 0 Å². The van der Waals surface area contributed by atoms with E-state index in [0.29, 0.717) is 11.7 Å². The van der Waals surface area contributed by atoms with E-state index >= 15 is 0 Å². The third-order valence-electron chi connectivity index (χ3n) is 3.07. The highest BCUT2D eigenvalue weighted by atomic mass is 16.5. The molecule has 3 heteroatoms. The highest BCUT2D eigenvalue weighted by Gasteiger charge is 2.25. The largest absolute Gasteiger partial charge is 0.381 e. The number of nitrogen functional groups attached to an aromatic ring is 1. The molecule has 0 aromatic carbocycles. The van der Waals surface area contributed by atoms with Gasteiger partial charge in [-0.15, -0.1) is 0 Å². The molecule has 0 radical (unpaired) electrons. The van der Waals surface area contributed by atoms with Crippen molar-refractivity contribution in [1.29, 1.82) is 0 Å². The van der Waals surface area contributed by atoms with E-state index in [1.807, 2.05) is 0 Å². The van der Waals surface area contributed by atoms with E-state index in [-0.39, 0.29) is 0 Å². The summed E-state index contributed by atoms with van der Waals surface area (Å²) in [6, 6.07) is 0. The molecule has 3 nitrogen and oxygen atoms in total. The van der Waals surface area contributed by atoms with E-state index in [4.69, 9.17) is 10.3 Å². The van der Waals surface area contributed by atoms with Gasteiger partial charge in [-0.05, 0) is 19.3 Å². The van der Waals surface area contributed by atoms with Gasteiger partial charge in [0.05, 0.1) is 0 Å². The third kappa shape index (κ3) is 1.63. The number of hydrogen-bond donors (Lipinski definition) is 1. The third-order valence-corrected chi connectivity index (χ3v) is 3.07. The smallest absolute Gasteiger partial charge is 0.170 e. The second kappa shape index (κ2) is 4.03. The fourth-order valence-electron chi connectivity index (χ4n) is 2.34. The summed E-state index contributed by atoms with van der Waals surface area (Å²) in [6.45, 7) is 2.16. The summed E-state index contributed by atoms with van der Waals surface area (Å²) < 4.78 is 5.36. The molecule has 1 heterocycles. The minimum absolute atomic E-state index is 0.585. The Morgan fingerprint density at radius 2 is 2.14 bits per heavy atom. The fourth-order valence-corrected chi connectivity index (χ4v) is 2.34. The van der Waals surface area contributed by atoms with E-state index < -0.39 is 0 Å². The van der Waals surface area contributed by atoms with Crippen molar-refractivity contribution in [1.82, 2.24) is 5.16 Å². The molecule has 2 N–H and O–H groups in total. The summed E-state index contributed by atoms with van der Waals surface area (Å²) in [5.41, 5.74) is 6.96. The van der Waals surface area contributed by atoms with Crippen LogP contribution in [0.25, 0.3) is 0 Å². The minimum Gasteiger partial charge on any atom is -0.381 e. The average molecular weight is 194 g/mol. The van der Waals surface area contributed by atoms with E-state index in [0.717, 1.165) is 18.6 Å². The van der Waals surface area contributed by atoms with Gasteiger partial charge in [-0.3, -0.25) is 0 Å². The van der Waals surface area contributed by atoms with Crippen LogP contribution in [0.4, 0.5) is 5.82 Å². The number of nitrogens with two attached hydrogens (primary N) is 1. The number of rotatable bonds is 3. The molecule has 1 aliphatic rings. The SMILES string of the molecule is CCCc1c(N)noc1C1CCCC1. The van der Waals surface area contributed by atoms with Crippen LogP contribution in [0.15, 0.2) is 4.52 Å². The van der Waals surface area contributed by atoms with Crippen molar-refractivity contribution >= 4 is 5.82 Å². The lowest BCUT2D eigenvalue weighted by molar-refractivity contribution is 0.360. The van der Waals surface area contributed by atoms with Crippen molar-refractivity contribution in [2.24, 2.45) is 0 Å². The summed E-state index contributed by atoms with van der Waals surface area (Å²) >= 11 is 0. The highest BCUT2D eigenvalue weighted by Crippen LogP contribution is 2.37. The summed E-state index contributed by atoms with van der Waals surface area (Å²) in [7, 11) is 0. The average Bonchev–Trinajstić information content (AvgIpc) is 2.77. The summed E-state index contributed by atoms with van der Waals surface area (Å²) in [5.74, 6) is 2.26. The van der Waals surface area contributed by atoms with Crippen molar-refractivity contribution in [3.05, 3.63) is 11.3 Å². The summed E-state index contributed by atoms with van der Waals surface area (Å²) in [5, 5.41) is 3.88. The van der Waals surface area contributed by atoms with Crippen LogP contribution in [-0.2, 0) is 6.42 Å². The molecule has 14 heavy (non-hydrogen) atoms. The van der Waals surface area contributed by atoms with Crippen LogP contribution >= 0.6 is 0 Å². The first-order chi connectivity index (χ1) is 6.83. The summed E-state index contributed by atoms with van der Waals surface area (Å²) in [4.78, 5) is 0. The Labute approximate surface area is 84.7 Å². The quantitative estimate of drug-likeness (QED) is 0.805. The molecule has 0 unspecified atom stereocenters. The zero-order valence-corrected chi connectivity index (χ0v) is 8.75. The van der Waals surface area contributed by atoms with Crippen LogP contribution in [0.2, 0.25) is 0 Å². The standard InChI is InChI=1S/C11H18N2O/c1-2-5-9-10(14-13-11(9)12)8-6-3-4-7-8/h8H,2-7H2,1H3,(H2,12,13). The zero-order chi connectivity index (χ0) is 9.97. The van der Waals surface area contributed by atoms with Gasteiger partial charge in [0.15, 0.2) is 5.82 Å². The maximum atomic E-state index is 5.79. The van der Waals surface area contributed by atoms with Crippen LogP contribution in [0.1, 0.15) is 56.3 Å². The molecule has 0 aliphatic heterocycles. The van der Waals surface area contributed by atoms with Crippen LogP contribution < -0.4 is 5.73 Å². The van der Waals surface area contributed by atoms with Crippen molar-refractivity contribution in [3.8, 4) is 0 Å². The van der Waals surface area contributed by atoms with Gasteiger partial charge in [-0.2, -0.15) is 0 Å². The van der Waals surface area contributed by atoms with Crippen molar-refractivity contribution in [2.75, 3.05) is 5.73 Å².